The first-order chi connectivity index (χ1) is 26.2. The Hall–Kier alpha value is -7.11. The second-order valence-electron chi connectivity index (χ2n) is 13.1. The summed E-state index contributed by atoms with van der Waals surface area (Å²) in [5, 5.41) is 3.58. The van der Waals surface area contributed by atoms with Crippen molar-refractivity contribution < 1.29 is 0 Å². The fourth-order valence-electron chi connectivity index (χ4n) is 7.37. The average molecular weight is 684 g/mol. The first kappa shape index (κ1) is 31.8. The Morgan fingerprint density at radius 3 is 1.96 bits per heavy atom. The number of aromatic nitrogens is 3. The lowest BCUT2D eigenvalue weighted by Crippen LogP contribution is -2.10. The Kier molecular flexibility index (Phi) is 8.14. The van der Waals surface area contributed by atoms with E-state index in [0.717, 1.165) is 56.5 Å². The molecule has 53 heavy (non-hydrogen) atoms. The number of fused-ring (bicyclic) bond motifs is 5. The molecule has 3 aromatic heterocycles. The van der Waals surface area contributed by atoms with Crippen LogP contribution >= 0.6 is 0 Å². The molecule has 9 rings (SSSR count). The summed E-state index contributed by atoms with van der Waals surface area (Å²) < 4.78 is 4.68. The summed E-state index contributed by atoms with van der Waals surface area (Å²) in [4.78, 5) is 6.89. The van der Waals surface area contributed by atoms with E-state index >= 15 is 0 Å². The SMILES string of the molecule is C/C=C\C=C(/N)c1ccc(N(c2ccc(-c3ccccn3)cc2)c2ccc3c(c2)c2ccc4c(ccn4-c4ccccc4)c2n3-c2ccccc2)cc1. The van der Waals surface area contributed by atoms with Crippen LogP contribution < -0.4 is 10.6 Å². The lowest BCUT2D eigenvalue weighted by molar-refractivity contribution is 1.13. The first-order valence-electron chi connectivity index (χ1n) is 17.9. The third-order valence-electron chi connectivity index (χ3n) is 9.90. The van der Waals surface area contributed by atoms with Crippen molar-refractivity contribution in [2.24, 2.45) is 5.73 Å². The number of hydrogen-bond acceptors (Lipinski definition) is 3. The molecule has 2 N–H and O–H groups in total. The summed E-state index contributed by atoms with van der Waals surface area (Å²) in [5.41, 5.74) is 19.1. The van der Waals surface area contributed by atoms with Gasteiger partial charge in [-0.15, -0.1) is 0 Å². The van der Waals surface area contributed by atoms with Gasteiger partial charge in [0.05, 0.1) is 22.2 Å². The van der Waals surface area contributed by atoms with E-state index in [4.69, 9.17) is 5.73 Å². The zero-order valence-electron chi connectivity index (χ0n) is 29.3. The van der Waals surface area contributed by atoms with Gasteiger partial charge >= 0.3 is 0 Å². The standard InChI is InChI=1S/C48H37N5/c1-2-3-16-44(49)34-18-22-38(23-19-34)52(39-24-20-35(21-25-39)45-17-10-11-31-50-45)40-26-28-47-43(33-40)41-27-29-46-42(30-32-51(46)36-12-6-4-7-13-36)48(41)53(47)37-14-8-5-9-15-37/h2-33H,49H2,1H3/b3-2-,44-16-. The van der Waals surface area contributed by atoms with Crippen molar-refractivity contribution in [2.75, 3.05) is 4.90 Å². The van der Waals surface area contributed by atoms with Gasteiger partial charge in [0, 0.05) is 68.2 Å². The maximum absolute atomic E-state index is 6.43. The largest absolute Gasteiger partial charge is 0.398 e. The van der Waals surface area contributed by atoms with Crippen molar-refractivity contribution in [2.45, 2.75) is 6.92 Å². The Balaban J connectivity index is 1.24. The molecule has 0 fully saturated rings. The molecule has 0 amide bonds. The molecule has 0 spiro atoms. The number of anilines is 3. The molecule has 5 nitrogen and oxygen atoms in total. The van der Waals surface area contributed by atoms with Crippen LogP contribution in [-0.2, 0) is 0 Å². The van der Waals surface area contributed by atoms with Crippen LogP contribution in [0.25, 0.3) is 61.0 Å². The zero-order valence-corrected chi connectivity index (χ0v) is 29.3. The van der Waals surface area contributed by atoms with Crippen LogP contribution in [0.3, 0.4) is 0 Å². The van der Waals surface area contributed by atoms with Gasteiger partial charge in [-0.3, -0.25) is 4.98 Å². The summed E-state index contributed by atoms with van der Waals surface area (Å²) >= 11 is 0. The Morgan fingerprint density at radius 2 is 1.26 bits per heavy atom. The zero-order chi connectivity index (χ0) is 35.7. The molecule has 5 heteroatoms. The highest BCUT2D eigenvalue weighted by atomic mass is 15.1. The lowest BCUT2D eigenvalue weighted by Gasteiger charge is -2.26. The van der Waals surface area contributed by atoms with E-state index in [1.165, 1.54) is 27.2 Å². The second-order valence-corrected chi connectivity index (χ2v) is 13.1. The van der Waals surface area contributed by atoms with Gasteiger partial charge < -0.3 is 19.8 Å². The highest BCUT2D eigenvalue weighted by Gasteiger charge is 2.20. The number of benzene rings is 6. The molecular weight excluding hydrogens is 647 g/mol. The van der Waals surface area contributed by atoms with Crippen molar-refractivity contribution in [1.29, 1.82) is 0 Å². The topological polar surface area (TPSA) is 52.0 Å². The molecule has 9 aromatic rings. The normalized spacial score (nSPS) is 12.0. The molecular formula is C48H37N5. The number of para-hydroxylation sites is 2. The molecule has 0 aliphatic carbocycles. The van der Waals surface area contributed by atoms with E-state index in [0.29, 0.717) is 0 Å². The predicted molar refractivity (Wildman–Crippen MR) is 223 cm³/mol. The number of hydrogen-bond donors (Lipinski definition) is 1. The van der Waals surface area contributed by atoms with Gasteiger partial charge in [-0.25, -0.2) is 0 Å². The van der Waals surface area contributed by atoms with E-state index in [2.05, 4.69) is 171 Å². The van der Waals surface area contributed by atoms with Gasteiger partial charge in [-0.2, -0.15) is 0 Å². The van der Waals surface area contributed by atoms with Crippen LogP contribution in [0.2, 0.25) is 0 Å². The molecule has 0 aliphatic rings. The molecule has 0 saturated heterocycles. The summed E-state index contributed by atoms with van der Waals surface area (Å²) in [6.07, 6.45) is 9.89. The Labute approximate surface area is 308 Å². The second kappa shape index (κ2) is 13.5. The maximum Gasteiger partial charge on any atom is 0.0701 e. The van der Waals surface area contributed by atoms with Crippen LogP contribution in [-0.4, -0.2) is 14.1 Å². The van der Waals surface area contributed by atoms with Gasteiger partial charge in [0.25, 0.3) is 0 Å². The predicted octanol–water partition coefficient (Wildman–Crippen LogP) is 12.1. The number of nitrogens with zero attached hydrogens (tertiary/aromatic N) is 4. The number of nitrogens with two attached hydrogens (primary N) is 1. The van der Waals surface area contributed by atoms with Crippen LogP contribution in [0, 0.1) is 0 Å². The fourth-order valence-corrected chi connectivity index (χ4v) is 7.37. The van der Waals surface area contributed by atoms with E-state index in [9.17, 15) is 0 Å². The van der Waals surface area contributed by atoms with Crippen LogP contribution in [0.1, 0.15) is 12.5 Å². The van der Waals surface area contributed by atoms with Gasteiger partial charge in [-0.05, 0) is 110 Å². The monoisotopic (exact) mass is 683 g/mol. The van der Waals surface area contributed by atoms with E-state index in [1.807, 2.05) is 49.5 Å². The quantitative estimate of drug-likeness (QED) is 0.162. The summed E-state index contributed by atoms with van der Waals surface area (Å²) in [5.74, 6) is 0. The maximum atomic E-state index is 6.43. The Bertz CT molecular complexity index is 2760. The Morgan fingerprint density at radius 1 is 0.604 bits per heavy atom. The summed E-state index contributed by atoms with van der Waals surface area (Å²) in [7, 11) is 0. The van der Waals surface area contributed by atoms with Gasteiger partial charge in [-0.1, -0.05) is 84.9 Å². The number of allylic oxidation sites excluding steroid dienone is 3. The van der Waals surface area contributed by atoms with Crippen LogP contribution in [0.5, 0.6) is 0 Å². The molecule has 0 saturated carbocycles. The van der Waals surface area contributed by atoms with Gasteiger partial charge in [0.2, 0.25) is 0 Å². The third-order valence-corrected chi connectivity index (χ3v) is 9.90. The van der Waals surface area contributed by atoms with E-state index in [-0.39, 0.29) is 0 Å². The van der Waals surface area contributed by atoms with Crippen molar-refractivity contribution in [3.05, 3.63) is 200 Å². The minimum Gasteiger partial charge on any atom is -0.398 e. The molecule has 3 heterocycles. The van der Waals surface area contributed by atoms with Crippen molar-refractivity contribution in [1.82, 2.24) is 14.1 Å². The van der Waals surface area contributed by atoms with Crippen LogP contribution in [0.4, 0.5) is 17.1 Å². The average Bonchev–Trinajstić information content (AvgIpc) is 3.81. The minimum atomic E-state index is 0.725. The van der Waals surface area contributed by atoms with Crippen molar-refractivity contribution >= 4 is 55.5 Å². The fraction of sp³-hybridized carbons (Fsp3) is 0.0208. The number of pyridine rings is 1. The molecule has 0 atom stereocenters. The molecule has 0 bridgehead atoms. The molecule has 254 valence electrons. The first-order valence-corrected chi connectivity index (χ1v) is 17.9. The van der Waals surface area contributed by atoms with Crippen molar-refractivity contribution in [3.63, 3.8) is 0 Å². The van der Waals surface area contributed by atoms with Crippen molar-refractivity contribution in [3.8, 4) is 22.6 Å². The number of rotatable bonds is 8. The molecule has 0 radical (unpaired) electrons. The van der Waals surface area contributed by atoms with Gasteiger partial charge in [0.15, 0.2) is 0 Å². The highest BCUT2D eigenvalue weighted by Crippen LogP contribution is 2.42. The summed E-state index contributed by atoms with van der Waals surface area (Å²) in [6.45, 7) is 1.99. The van der Waals surface area contributed by atoms with E-state index < -0.39 is 0 Å². The lowest BCUT2D eigenvalue weighted by atomic mass is 10.1. The smallest absolute Gasteiger partial charge is 0.0701 e. The molecule has 0 aliphatic heterocycles. The van der Waals surface area contributed by atoms with E-state index in [1.54, 1.807) is 0 Å². The third kappa shape index (κ3) is 5.75. The summed E-state index contributed by atoms with van der Waals surface area (Å²) in [6, 6.07) is 57.9. The highest BCUT2D eigenvalue weighted by molar-refractivity contribution is 6.19. The van der Waals surface area contributed by atoms with Gasteiger partial charge in [0.1, 0.15) is 0 Å². The molecule has 6 aromatic carbocycles. The molecule has 0 unspecified atom stereocenters. The van der Waals surface area contributed by atoms with Crippen LogP contribution in [0.15, 0.2) is 194 Å². The minimum absolute atomic E-state index is 0.725.